The standard InChI is InChI=1S/C43H45N5O6/c1-28-38(42(2,3)31-15-18-33(52-4)19-16-31)37(21-22-46-27-35(44-45-46)39(49)30-13-9-6-10-14-30)54-43(28)34-25-32(47-23-24-53-41(47)51)17-20-36(34)48(40(43)50)26-29-11-7-5-8-12-29/h5-20,25,27-28,37-39,49H,21-24,26H2,1-4H3/t28-,37+,38-,39-,43+/m1/s1. The fourth-order valence-electron chi connectivity index (χ4n) is 8.90. The van der Waals surface area contributed by atoms with E-state index in [0.29, 0.717) is 44.0 Å². The second-order valence-corrected chi connectivity index (χ2v) is 15.0. The number of anilines is 2. The first-order valence-electron chi connectivity index (χ1n) is 18.5. The zero-order valence-corrected chi connectivity index (χ0v) is 31.0. The number of aryl methyl sites for hydroxylation is 1. The minimum atomic E-state index is -1.33. The van der Waals surface area contributed by atoms with Gasteiger partial charge in [-0.1, -0.05) is 98.8 Å². The van der Waals surface area contributed by atoms with Gasteiger partial charge in [0, 0.05) is 29.6 Å². The summed E-state index contributed by atoms with van der Waals surface area (Å²) in [5, 5.41) is 19.7. The Hall–Kier alpha value is -5.52. The van der Waals surface area contributed by atoms with Crippen molar-refractivity contribution in [2.24, 2.45) is 11.8 Å². The van der Waals surface area contributed by atoms with Crippen LogP contribution in [0.1, 0.15) is 61.2 Å². The lowest BCUT2D eigenvalue weighted by atomic mass is 9.63. The first kappa shape index (κ1) is 35.5. The molecule has 11 nitrogen and oxygen atoms in total. The zero-order valence-electron chi connectivity index (χ0n) is 31.0. The fraction of sp³-hybridized carbons (Fsp3) is 0.349. The van der Waals surface area contributed by atoms with Crippen molar-refractivity contribution >= 4 is 23.4 Å². The van der Waals surface area contributed by atoms with Gasteiger partial charge in [-0.2, -0.15) is 0 Å². The number of hydrogen-bond acceptors (Lipinski definition) is 8. The number of cyclic esters (lactones) is 1. The molecule has 278 valence electrons. The number of fused-ring (bicyclic) bond motifs is 2. The molecule has 54 heavy (non-hydrogen) atoms. The van der Waals surface area contributed by atoms with Gasteiger partial charge in [-0.3, -0.25) is 14.4 Å². The van der Waals surface area contributed by atoms with Crippen molar-refractivity contribution in [2.45, 2.75) is 63.5 Å². The minimum Gasteiger partial charge on any atom is -0.497 e. The number of rotatable bonds is 11. The van der Waals surface area contributed by atoms with E-state index in [0.717, 1.165) is 33.7 Å². The molecular weight excluding hydrogens is 683 g/mol. The number of aliphatic hydroxyl groups excluding tert-OH is 1. The van der Waals surface area contributed by atoms with Crippen LogP contribution in [0.15, 0.2) is 109 Å². The van der Waals surface area contributed by atoms with Crippen molar-refractivity contribution in [3.05, 3.63) is 137 Å². The van der Waals surface area contributed by atoms with Crippen LogP contribution in [0.25, 0.3) is 0 Å². The Balaban J connectivity index is 1.19. The monoisotopic (exact) mass is 727 g/mol. The van der Waals surface area contributed by atoms with E-state index < -0.39 is 29.3 Å². The fourth-order valence-corrected chi connectivity index (χ4v) is 8.90. The van der Waals surface area contributed by atoms with Crippen molar-refractivity contribution < 1.29 is 28.9 Å². The summed E-state index contributed by atoms with van der Waals surface area (Å²) in [4.78, 5) is 31.5. The van der Waals surface area contributed by atoms with E-state index in [-0.39, 0.29) is 17.7 Å². The summed E-state index contributed by atoms with van der Waals surface area (Å²) in [6, 6.07) is 33.2. The average molecular weight is 728 g/mol. The molecule has 5 aromatic rings. The number of methoxy groups -OCH3 is 1. The summed E-state index contributed by atoms with van der Waals surface area (Å²) in [5.41, 5.74) is 3.68. The van der Waals surface area contributed by atoms with E-state index >= 15 is 4.79 Å². The molecule has 2 amide bonds. The summed E-state index contributed by atoms with van der Waals surface area (Å²) < 4.78 is 19.8. The van der Waals surface area contributed by atoms with E-state index in [9.17, 15) is 9.90 Å². The van der Waals surface area contributed by atoms with Crippen LogP contribution in [-0.2, 0) is 38.4 Å². The van der Waals surface area contributed by atoms with Gasteiger partial charge in [-0.05, 0) is 58.9 Å². The molecule has 4 aromatic carbocycles. The molecule has 1 spiro atoms. The number of carbonyl (C=O) groups excluding carboxylic acids is 2. The quantitative estimate of drug-likeness (QED) is 0.158. The third-order valence-electron chi connectivity index (χ3n) is 11.7. The number of aliphatic hydroxyl groups is 1. The lowest BCUT2D eigenvalue weighted by molar-refractivity contribution is -0.146. The predicted molar refractivity (Wildman–Crippen MR) is 203 cm³/mol. The second-order valence-electron chi connectivity index (χ2n) is 15.0. The summed E-state index contributed by atoms with van der Waals surface area (Å²) in [6.07, 6.45) is 0.598. The molecule has 2 fully saturated rings. The molecule has 0 saturated carbocycles. The molecule has 1 N–H and O–H groups in total. The van der Waals surface area contributed by atoms with E-state index in [4.69, 9.17) is 14.2 Å². The third kappa shape index (κ3) is 6.01. The van der Waals surface area contributed by atoms with Crippen LogP contribution in [0, 0.1) is 11.8 Å². The van der Waals surface area contributed by atoms with E-state index in [1.54, 1.807) is 22.9 Å². The number of nitrogens with zero attached hydrogens (tertiary/aromatic N) is 5. The molecule has 0 radical (unpaired) electrons. The molecule has 3 aliphatic rings. The topological polar surface area (TPSA) is 119 Å². The smallest absolute Gasteiger partial charge is 0.414 e. The summed E-state index contributed by atoms with van der Waals surface area (Å²) in [7, 11) is 1.65. The van der Waals surface area contributed by atoms with Crippen LogP contribution in [0.4, 0.5) is 16.2 Å². The Morgan fingerprint density at radius 1 is 0.981 bits per heavy atom. The lowest BCUT2D eigenvalue weighted by Gasteiger charge is -2.38. The van der Waals surface area contributed by atoms with Crippen LogP contribution in [0.5, 0.6) is 5.75 Å². The van der Waals surface area contributed by atoms with Crippen molar-refractivity contribution in [3.8, 4) is 5.75 Å². The lowest BCUT2D eigenvalue weighted by Crippen LogP contribution is -2.45. The Bertz CT molecular complexity index is 2140. The summed E-state index contributed by atoms with van der Waals surface area (Å²) >= 11 is 0. The maximum Gasteiger partial charge on any atom is 0.414 e. The molecule has 4 heterocycles. The highest BCUT2D eigenvalue weighted by Gasteiger charge is 2.66. The maximum atomic E-state index is 15.2. The number of aromatic nitrogens is 3. The van der Waals surface area contributed by atoms with Gasteiger partial charge < -0.3 is 24.2 Å². The highest BCUT2D eigenvalue weighted by Crippen LogP contribution is 2.60. The van der Waals surface area contributed by atoms with Gasteiger partial charge in [0.05, 0.1) is 38.2 Å². The Morgan fingerprint density at radius 2 is 1.70 bits per heavy atom. The largest absolute Gasteiger partial charge is 0.497 e. The molecule has 0 unspecified atom stereocenters. The SMILES string of the molecule is COc1ccc(C(C)(C)[C@H]2[C@H](CCn3cc([C@H](O)c4ccccc4)nn3)O[C@@]3(C(=O)N(Cc4ccccc4)c4ccc(N5CCOC5=O)cc43)[C@@H]2C)cc1. The first-order chi connectivity index (χ1) is 26.1. The van der Waals surface area contributed by atoms with Gasteiger partial charge in [-0.15, -0.1) is 5.10 Å². The van der Waals surface area contributed by atoms with E-state index in [2.05, 4.69) is 43.2 Å². The summed E-state index contributed by atoms with van der Waals surface area (Å²) in [6.45, 7) is 8.12. The van der Waals surface area contributed by atoms with Crippen LogP contribution in [0.2, 0.25) is 0 Å². The Labute approximate surface area is 315 Å². The van der Waals surface area contributed by atoms with Crippen LogP contribution >= 0.6 is 0 Å². The minimum absolute atomic E-state index is 0.123. The average Bonchev–Trinajstić information content (AvgIpc) is 3.97. The first-order valence-corrected chi connectivity index (χ1v) is 18.5. The normalized spacial score (nSPS) is 22.9. The summed E-state index contributed by atoms with van der Waals surface area (Å²) in [5.74, 6) is 0.209. The van der Waals surface area contributed by atoms with Gasteiger partial charge in [0.15, 0.2) is 5.60 Å². The molecule has 5 atom stereocenters. The number of carbonyl (C=O) groups is 2. The molecule has 1 aromatic heterocycles. The Kier molecular flexibility index (Phi) is 9.23. The number of hydrogen-bond donors (Lipinski definition) is 1. The number of ether oxygens (including phenoxy) is 3. The molecular formula is C43H45N5O6. The highest BCUT2D eigenvalue weighted by molar-refractivity contribution is 6.08. The van der Waals surface area contributed by atoms with Gasteiger partial charge in [0.2, 0.25) is 0 Å². The zero-order chi connectivity index (χ0) is 37.6. The third-order valence-corrected chi connectivity index (χ3v) is 11.7. The van der Waals surface area contributed by atoms with Crippen molar-refractivity contribution in [1.29, 1.82) is 0 Å². The van der Waals surface area contributed by atoms with Crippen LogP contribution in [0.3, 0.4) is 0 Å². The van der Waals surface area contributed by atoms with Gasteiger partial charge in [0.1, 0.15) is 24.2 Å². The highest BCUT2D eigenvalue weighted by atomic mass is 16.6. The van der Waals surface area contributed by atoms with Crippen LogP contribution < -0.4 is 14.5 Å². The number of benzene rings is 4. The molecule has 11 heteroatoms. The molecule has 8 rings (SSSR count). The molecule has 3 aliphatic heterocycles. The van der Waals surface area contributed by atoms with Crippen molar-refractivity contribution in [1.82, 2.24) is 15.0 Å². The molecule has 2 saturated heterocycles. The number of amides is 2. The Morgan fingerprint density at radius 3 is 2.39 bits per heavy atom. The van der Waals surface area contributed by atoms with Gasteiger partial charge >= 0.3 is 6.09 Å². The van der Waals surface area contributed by atoms with Crippen molar-refractivity contribution in [3.63, 3.8) is 0 Å². The van der Waals surface area contributed by atoms with Gasteiger partial charge in [0.25, 0.3) is 5.91 Å². The maximum absolute atomic E-state index is 15.2. The van der Waals surface area contributed by atoms with E-state index in [1.807, 2.05) is 95.9 Å². The van der Waals surface area contributed by atoms with Crippen molar-refractivity contribution in [2.75, 3.05) is 30.1 Å². The van der Waals surface area contributed by atoms with E-state index in [1.165, 1.54) is 0 Å². The molecule has 0 bridgehead atoms. The molecule has 0 aliphatic carbocycles. The predicted octanol–water partition coefficient (Wildman–Crippen LogP) is 6.79. The second kappa shape index (κ2) is 14.0. The van der Waals surface area contributed by atoms with Crippen LogP contribution in [-0.4, -0.2) is 58.5 Å². The van der Waals surface area contributed by atoms with Gasteiger partial charge in [-0.25, -0.2) is 4.79 Å².